The first-order chi connectivity index (χ1) is 10.9. The third kappa shape index (κ3) is 1.53. The standard InChI is InChI=1S/C19H27NO3/c1-10-5-6-12-14(9-10)22-17-19-8-7-13(23-19)11(2)15(19)16(21)20(17)18(12,3)4/h7-8,10-15,17H,5-6,9H2,1-4H3/t10-,11-,12-,13-,14-,15-,17+,19-/m1/s1. The molecular weight excluding hydrogens is 290 g/mol. The highest BCUT2D eigenvalue weighted by atomic mass is 16.6. The summed E-state index contributed by atoms with van der Waals surface area (Å²) < 4.78 is 12.9. The molecule has 4 aliphatic heterocycles. The number of nitrogens with zero attached hydrogens (tertiary/aromatic N) is 1. The van der Waals surface area contributed by atoms with Crippen LogP contribution in [0.5, 0.6) is 0 Å². The molecule has 4 heteroatoms. The molecule has 8 atom stereocenters. The maximum absolute atomic E-state index is 13.3. The van der Waals surface area contributed by atoms with Crippen LogP contribution in [0.1, 0.15) is 47.0 Å². The summed E-state index contributed by atoms with van der Waals surface area (Å²) in [4.78, 5) is 15.4. The van der Waals surface area contributed by atoms with E-state index >= 15 is 0 Å². The normalized spacial score (nSPS) is 55.7. The van der Waals surface area contributed by atoms with E-state index in [0.29, 0.717) is 11.8 Å². The first kappa shape index (κ1) is 14.5. The Morgan fingerprint density at radius 2 is 2.04 bits per heavy atom. The van der Waals surface area contributed by atoms with E-state index in [1.807, 2.05) is 0 Å². The third-order valence-electron chi connectivity index (χ3n) is 7.43. The number of carbonyl (C=O) groups excluding carboxylic acids is 1. The highest BCUT2D eigenvalue weighted by molar-refractivity contribution is 5.86. The fourth-order valence-corrected chi connectivity index (χ4v) is 6.18. The molecule has 23 heavy (non-hydrogen) atoms. The van der Waals surface area contributed by atoms with Gasteiger partial charge in [0.2, 0.25) is 5.91 Å². The van der Waals surface area contributed by atoms with Gasteiger partial charge >= 0.3 is 0 Å². The lowest BCUT2D eigenvalue weighted by Gasteiger charge is -2.56. The van der Waals surface area contributed by atoms with Gasteiger partial charge in [-0.2, -0.15) is 0 Å². The van der Waals surface area contributed by atoms with Crippen LogP contribution in [0.15, 0.2) is 12.2 Å². The summed E-state index contributed by atoms with van der Waals surface area (Å²) in [7, 11) is 0. The van der Waals surface area contributed by atoms with Crippen LogP contribution in [0, 0.1) is 23.7 Å². The van der Waals surface area contributed by atoms with Crippen LogP contribution in [-0.2, 0) is 14.3 Å². The van der Waals surface area contributed by atoms with Crippen LogP contribution in [0.3, 0.4) is 0 Å². The number of hydrogen-bond acceptors (Lipinski definition) is 3. The van der Waals surface area contributed by atoms with Crippen molar-refractivity contribution in [1.29, 1.82) is 0 Å². The van der Waals surface area contributed by atoms with Crippen molar-refractivity contribution in [2.45, 2.75) is 76.5 Å². The van der Waals surface area contributed by atoms with E-state index in [-0.39, 0.29) is 41.7 Å². The van der Waals surface area contributed by atoms with E-state index in [2.05, 4.69) is 44.7 Å². The molecule has 1 aliphatic carbocycles. The average molecular weight is 317 g/mol. The molecule has 126 valence electrons. The van der Waals surface area contributed by atoms with Crippen LogP contribution < -0.4 is 0 Å². The molecule has 1 saturated carbocycles. The lowest BCUT2D eigenvalue weighted by molar-refractivity contribution is -0.251. The average Bonchev–Trinajstić information content (AvgIpc) is 3.09. The Bertz CT molecular complexity index is 599. The number of rotatable bonds is 0. The molecule has 0 unspecified atom stereocenters. The fraction of sp³-hybridized carbons (Fsp3) is 0.842. The van der Waals surface area contributed by atoms with Gasteiger partial charge in [-0.05, 0) is 38.7 Å². The SMILES string of the molecule is C[C@@H]1CC[C@@H]2[C@@H](C1)O[C@@H]1N(C(=O)[C@H]3[C@H](C)[C@H]4C=C[C@]13O4)C2(C)C. The summed E-state index contributed by atoms with van der Waals surface area (Å²) in [5, 5.41) is 0. The summed E-state index contributed by atoms with van der Waals surface area (Å²) in [5.41, 5.74) is -0.691. The van der Waals surface area contributed by atoms with Gasteiger partial charge in [0.15, 0.2) is 6.23 Å². The van der Waals surface area contributed by atoms with Gasteiger partial charge in [0, 0.05) is 17.4 Å². The molecular formula is C19H27NO3. The van der Waals surface area contributed by atoms with E-state index < -0.39 is 5.60 Å². The molecule has 4 nitrogen and oxygen atoms in total. The highest BCUT2D eigenvalue weighted by Gasteiger charge is 2.73. The minimum atomic E-state index is -0.538. The van der Waals surface area contributed by atoms with Crippen molar-refractivity contribution < 1.29 is 14.3 Å². The van der Waals surface area contributed by atoms with Gasteiger partial charge in [0.05, 0.1) is 18.1 Å². The zero-order chi connectivity index (χ0) is 16.1. The minimum absolute atomic E-state index is 0.0700. The molecule has 3 saturated heterocycles. The zero-order valence-corrected chi connectivity index (χ0v) is 14.5. The highest BCUT2D eigenvalue weighted by Crippen LogP contribution is 2.60. The molecule has 4 heterocycles. The lowest BCUT2D eigenvalue weighted by atomic mass is 9.70. The van der Waals surface area contributed by atoms with E-state index in [4.69, 9.17) is 9.47 Å². The molecule has 0 aromatic carbocycles. The Balaban J connectivity index is 1.60. The minimum Gasteiger partial charge on any atom is -0.358 e. The van der Waals surface area contributed by atoms with Crippen molar-refractivity contribution in [3.63, 3.8) is 0 Å². The fourth-order valence-electron chi connectivity index (χ4n) is 6.18. The smallest absolute Gasteiger partial charge is 0.232 e. The number of fused-ring (bicyclic) bond motifs is 3. The topological polar surface area (TPSA) is 38.8 Å². The molecule has 1 spiro atoms. The molecule has 2 bridgehead atoms. The van der Waals surface area contributed by atoms with Crippen molar-refractivity contribution >= 4 is 5.91 Å². The number of amides is 1. The van der Waals surface area contributed by atoms with Gasteiger partial charge in [-0.15, -0.1) is 0 Å². The summed E-state index contributed by atoms with van der Waals surface area (Å²) in [6.45, 7) is 8.96. The third-order valence-corrected chi connectivity index (χ3v) is 7.43. The monoisotopic (exact) mass is 317 g/mol. The Morgan fingerprint density at radius 3 is 2.83 bits per heavy atom. The molecule has 4 fully saturated rings. The van der Waals surface area contributed by atoms with E-state index in [1.54, 1.807) is 0 Å². The van der Waals surface area contributed by atoms with Crippen molar-refractivity contribution in [3.8, 4) is 0 Å². The second-order valence-electron chi connectivity index (χ2n) is 9.05. The zero-order valence-electron chi connectivity index (χ0n) is 14.5. The largest absolute Gasteiger partial charge is 0.358 e. The Hall–Kier alpha value is -0.870. The summed E-state index contributed by atoms with van der Waals surface area (Å²) in [6.07, 6.45) is 7.87. The van der Waals surface area contributed by atoms with Crippen molar-refractivity contribution in [3.05, 3.63) is 12.2 Å². The molecule has 0 N–H and O–H groups in total. The van der Waals surface area contributed by atoms with E-state index in [1.165, 1.54) is 6.42 Å². The second kappa shape index (κ2) is 4.20. The lowest BCUT2D eigenvalue weighted by Crippen LogP contribution is -2.66. The van der Waals surface area contributed by atoms with E-state index in [0.717, 1.165) is 12.8 Å². The van der Waals surface area contributed by atoms with Crippen LogP contribution in [-0.4, -0.2) is 40.4 Å². The summed E-state index contributed by atoms with van der Waals surface area (Å²) >= 11 is 0. The Labute approximate surface area is 138 Å². The predicted octanol–water partition coefficient (Wildman–Crippen LogP) is 2.73. The van der Waals surface area contributed by atoms with Crippen LogP contribution >= 0.6 is 0 Å². The molecule has 5 rings (SSSR count). The quantitative estimate of drug-likeness (QED) is 0.645. The number of hydrogen-bond donors (Lipinski definition) is 0. The van der Waals surface area contributed by atoms with Crippen molar-refractivity contribution in [2.75, 3.05) is 0 Å². The predicted molar refractivity (Wildman–Crippen MR) is 85.5 cm³/mol. The van der Waals surface area contributed by atoms with Crippen LogP contribution in [0.2, 0.25) is 0 Å². The maximum atomic E-state index is 13.3. The van der Waals surface area contributed by atoms with Gasteiger partial charge in [-0.3, -0.25) is 4.79 Å². The number of ether oxygens (including phenoxy) is 2. The van der Waals surface area contributed by atoms with Gasteiger partial charge in [-0.25, -0.2) is 0 Å². The first-order valence-corrected chi connectivity index (χ1v) is 9.22. The molecule has 0 radical (unpaired) electrons. The van der Waals surface area contributed by atoms with Gasteiger partial charge in [0.25, 0.3) is 0 Å². The van der Waals surface area contributed by atoms with Crippen LogP contribution in [0.25, 0.3) is 0 Å². The summed E-state index contributed by atoms with van der Waals surface area (Å²) in [6, 6.07) is 0. The van der Waals surface area contributed by atoms with Crippen molar-refractivity contribution in [1.82, 2.24) is 4.90 Å². The molecule has 5 aliphatic rings. The Kier molecular flexibility index (Phi) is 2.65. The summed E-state index contributed by atoms with van der Waals surface area (Å²) in [5.74, 6) is 1.57. The van der Waals surface area contributed by atoms with Crippen LogP contribution in [0.4, 0.5) is 0 Å². The maximum Gasteiger partial charge on any atom is 0.232 e. The number of carbonyl (C=O) groups is 1. The van der Waals surface area contributed by atoms with Gasteiger partial charge < -0.3 is 14.4 Å². The first-order valence-electron chi connectivity index (χ1n) is 9.22. The van der Waals surface area contributed by atoms with E-state index in [9.17, 15) is 4.79 Å². The van der Waals surface area contributed by atoms with Crippen molar-refractivity contribution in [2.24, 2.45) is 23.7 Å². The van der Waals surface area contributed by atoms with Gasteiger partial charge in [-0.1, -0.05) is 26.3 Å². The Morgan fingerprint density at radius 1 is 1.26 bits per heavy atom. The molecule has 0 aromatic heterocycles. The second-order valence-corrected chi connectivity index (χ2v) is 9.05. The molecule has 0 aromatic rings. The van der Waals surface area contributed by atoms with Gasteiger partial charge in [0.1, 0.15) is 5.60 Å². The molecule has 1 amide bonds.